The maximum absolute atomic E-state index is 13.1. The summed E-state index contributed by atoms with van der Waals surface area (Å²) in [6.07, 6.45) is 0. The largest absolute Gasteiger partial charge is 0.465 e. The second kappa shape index (κ2) is 8.14. The number of benzene rings is 1. The molecule has 3 rings (SSSR count). The summed E-state index contributed by atoms with van der Waals surface area (Å²) in [5.74, 6) is -0.721. The Kier molecular flexibility index (Phi) is 5.84. The van der Waals surface area contributed by atoms with E-state index in [0.717, 1.165) is 31.9 Å². The number of nitrogens with one attached hydrogen (secondary N) is 1. The van der Waals surface area contributed by atoms with E-state index in [9.17, 15) is 14.0 Å². The van der Waals surface area contributed by atoms with Crippen LogP contribution >= 0.6 is 0 Å². The van der Waals surface area contributed by atoms with Gasteiger partial charge in [0.25, 0.3) is 0 Å². The van der Waals surface area contributed by atoms with Crippen LogP contribution in [-0.2, 0) is 4.74 Å². The number of rotatable bonds is 5. The van der Waals surface area contributed by atoms with E-state index in [1.54, 1.807) is 26.0 Å². The molecule has 1 fully saturated rings. The molecule has 1 saturated heterocycles. The van der Waals surface area contributed by atoms with Gasteiger partial charge in [-0.1, -0.05) is 0 Å². The van der Waals surface area contributed by atoms with Gasteiger partial charge < -0.3 is 14.6 Å². The molecule has 1 aromatic carbocycles. The molecule has 150 valence electrons. The molecule has 7 heteroatoms. The lowest BCUT2D eigenvalue weighted by Crippen LogP contribution is -2.51. The van der Waals surface area contributed by atoms with Crippen molar-refractivity contribution in [2.45, 2.75) is 26.8 Å². The fourth-order valence-corrected chi connectivity index (χ4v) is 3.80. The minimum absolute atomic E-state index is 0.0361. The van der Waals surface area contributed by atoms with Gasteiger partial charge in [0.15, 0.2) is 5.78 Å². The van der Waals surface area contributed by atoms with Crippen molar-refractivity contribution < 1.29 is 18.7 Å². The zero-order chi connectivity index (χ0) is 20.4. The molecule has 2 aromatic rings. The molecule has 1 aliphatic heterocycles. The van der Waals surface area contributed by atoms with Gasteiger partial charge >= 0.3 is 5.97 Å². The number of hydrogen-bond donors (Lipinski definition) is 1. The average Bonchev–Trinajstić information content (AvgIpc) is 3.01. The number of esters is 1. The maximum Gasteiger partial charge on any atom is 0.339 e. The highest BCUT2D eigenvalue weighted by Crippen LogP contribution is 2.23. The third-order valence-electron chi connectivity index (χ3n) is 5.51. The lowest BCUT2D eigenvalue weighted by atomic mass is 10.0. The molecule has 6 nitrogen and oxygen atoms in total. The third kappa shape index (κ3) is 3.80. The first kappa shape index (κ1) is 20.1. The number of H-pyrrole nitrogens is 1. The molecule has 0 amide bonds. The quantitative estimate of drug-likeness (QED) is 0.631. The number of Topliss-reactive ketones (excluding diaryl/α,β-unsaturated/α-hetero) is 1. The predicted molar refractivity (Wildman–Crippen MR) is 106 cm³/mol. The molecular formula is C21H26FN3O3. The van der Waals surface area contributed by atoms with E-state index in [1.807, 2.05) is 6.92 Å². The highest BCUT2D eigenvalue weighted by molar-refractivity contribution is 6.03. The van der Waals surface area contributed by atoms with Gasteiger partial charge in [-0.3, -0.25) is 9.69 Å². The molecule has 0 radical (unpaired) electrons. The van der Waals surface area contributed by atoms with Gasteiger partial charge in [-0.15, -0.1) is 0 Å². The maximum atomic E-state index is 13.1. The fraction of sp³-hybridized carbons (Fsp3) is 0.429. The van der Waals surface area contributed by atoms with Gasteiger partial charge in [0.2, 0.25) is 0 Å². The number of carbonyl (C=O) groups excluding carboxylic acids is 2. The van der Waals surface area contributed by atoms with E-state index in [1.165, 1.54) is 19.2 Å². The second-order valence-corrected chi connectivity index (χ2v) is 7.16. The minimum atomic E-state index is -0.439. The molecule has 1 N–H and O–H groups in total. The monoisotopic (exact) mass is 387 g/mol. The van der Waals surface area contributed by atoms with Gasteiger partial charge in [0.05, 0.1) is 24.4 Å². The third-order valence-corrected chi connectivity index (χ3v) is 5.51. The van der Waals surface area contributed by atoms with Crippen LogP contribution < -0.4 is 4.90 Å². The number of aromatic amines is 1. The number of carbonyl (C=O) groups is 2. The summed E-state index contributed by atoms with van der Waals surface area (Å²) in [6.45, 7) is 8.41. The first-order chi connectivity index (χ1) is 13.3. The Bertz CT molecular complexity index is 868. The number of piperazine rings is 1. The Labute approximate surface area is 164 Å². The fourth-order valence-electron chi connectivity index (χ4n) is 3.80. The van der Waals surface area contributed by atoms with Crippen molar-refractivity contribution >= 4 is 17.4 Å². The van der Waals surface area contributed by atoms with Crippen LogP contribution in [0.25, 0.3) is 0 Å². The Morgan fingerprint density at radius 1 is 1.11 bits per heavy atom. The summed E-state index contributed by atoms with van der Waals surface area (Å²) in [7, 11) is 1.33. The summed E-state index contributed by atoms with van der Waals surface area (Å²) in [4.78, 5) is 32.4. The molecule has 0 aliphatic carbocycles. The van der Waals surface area contributed by atoms with Crippen molar-refractivity contribution in [2.75, 3.05) is 38.2 Å². The molecule has 2 heterocycles. The molecule has 28 heavy (non-hydrogen) atoms. The molecule has 1 aliphatic rings. The first-order valence-corrected chi connectivity index (χ1v) is 9.39. The van der Waals surface area contributed by atoms with Crippen LogP contribution in [0.2, 0.25) is 0 Å². The lowest BCUT2D eigenvalue weighted by molar-refractivity contribution is 0.0599. The molecule has 0 saturated carbocycles. The Morgan fingerprint density at radius 2 is 1.71 bits per heavy atom. The highest BCUT2D eigenvalue weighted by atomic mass is 19.1. The van der Waals surface area contributed by atoms with Crippen molar-refractivity contribution in [2.24, 2.45) is 0 Å². The number of ether oxygens (including phenoxy) is 1. The van der Waals surface area contributed by atoms with E-state index >= 15 is 0 Å². The van der Waals surface area contributed by atoms with Crippen molar-refractivity contribution in [3.8, 4) is 0 Å². The van der Waals surface area contributed by atoms with Crippen LogP contribution in [0.5, 0.6) is 0 Å². The normalized spacial score (nSPS) is 16.1. The Morgan fingerprint density at radius 3 is 2.29 bits per heavy atom. The molecule has 1 aromatic heterocycles. The van der Waals surface area contributed by atoms with Crippen LogP contribution in [0.3, 0.4) is 0 Å². The smallest absolute Gasteiger partial charge is 0.339 e. The number of halogens is 1. The zero-order valence-corrected chi connectivity index (χ0v) is 16.7. The van der Waals surface area contributed by atoms with Gasteiger partial charge in [-0.2, -0.15) is 0 Å². The highest BCUT2D eigenvalue weighted by Gasteiger charge is 2.30. The van der Waals surface area contributed by atoms with Gasteiger partial charge in [-0.25, -0.2) is 9.18 Å². The van der Waals surface area contributed by atoms with Gasteiger partial charge in [0, 0.05) is 37.6 Å². The number of aromatic nitrogens is 1. The zero-order valence-electron chi connectivity index (χ0n) is 16.7. The first-order valence-electron chi connectivity index (χ1n) is 9.39. The topological polar surface area (TPSA) is 65.6 Å². The van der Waals surface area contributed by atoms with Gasteiger partial charge in [0.1, 0.15) is 5.82 Å². The van der Waals surface area contributed by atoms with Crippen LogP contribution in [0.1, 0.15) is 39.0 Å². The Balaban J connectivity index is 1.68. The van der Waals surface area contributed by atoms with Crippen molar-refractivity contribution in [3.05, 3.63) is 52.6 Å². The Hall–Kier alpha value is -2.67. The van der Waals surface area contributed by atoms with Crippen LogP contribution in [0.15, 0.2) is 24.3 Å². The van der Waals surface area contributed by atoms with E-state index in [2.05, 4.69) is 14.8 Å². The van der Waals surface area contributed by atoms with Crippen molar-refractivity contribution in [1.29, 1.82) is 0 Å². The molecule has 0 bridgehead atoms. The summed E-state index contributed by atoms with van der Waals surface area (Å²) < 4.78 is 17.9. The van der Waals surface area contributed by atoms with Crippen LogP contribution in [0.4, 0.5) is 10.1 Å². The number of aryl methyl sites for hydroxylation is 1. The number of hydrogen-bond acceptors (Lipinski definition) is 5. The molecule has 0 spiro atoms. The summed E-state index contributed by atoms with van der Waals surface area (Å²) in [5.41, 5.74) is 3.15. The molecule has 1 unspecified atom stereocenters. The summed E-state index contributed by atoms with van der Waals surface area (Å²) >= 11 is 0. The second-order valence-electron chi connectivity index (χ2n) is 7.16. The lowest BCUT2D eigenvalue weighted by Gasteiger charge is -2.38. The number of nitrogens with zero attached hydrogens (tertiary/aromatic N) is 2. The molecule has 1 atom stereocenters. The van der Waals surface area contributed by atoms with Gasteiger partial charge in [-0.05, 0) is 50.6 Å². The van der Waals surface area contributed by atoms with Crippen LogP contribution in [-0.4, -0.2) is 61.0 Å². The van der Waals surface area contributed by atoms with Crippen LogP contribution in [0, 0.1) is 19.7 Å². The summed E-state index contributed by atoms with van der Waals surface area (Å²) in [5, 5.41) is 0. The predicted octanol–water partition coefficient (Wildman–Crippen LogP) is 2.95. The van der Waals surface area contributed by atoms with E-state index in [0.29, 0.717) is 22.5 Å². The number of anilines is 1. The summed E-state index contributed by atoms with van der Waals surface area (Å²) in [6, 6.07) is 6.17. The van der Waals surface area contributed by atoms with Crippen molar-refractivity contribution in [1.82, 2.24) is 9.88 Å². The minimum Gasteiger partial charge on any atom is -0.465 e. The average molecular weight is 387 g/mol. The number of methoxy groups -OCH3 is 1. The van der Waals surface area contributed by atoms with E-state index < -0.39 is 5.97 Å². The van der Waals surface area contributed by atoms with E-state index in [-0.39, 0.29) is 17.6 Å². The standard InChI is InChI=1S/C21H26FN3O3/c1-13-18(21(27)28-4)14(2)23-19(13)20(26)15(3)24-9-11-25(12-10-24)17-7-5-16(22)6-8-17/h5-8,15,23H,9-12H2,1-4H3. The SMILES string of the molecule is COC(=O)c1c(C)[nH]c(C(=O)C(C)N2CCN(c3ccc(F)cc3)CC2)c1C. The number of ketones is 1. The van der Waals surface area contributed by atoms with E-state index in [4.69, 9.17) is 4.74 Å². The van der Waals surface area contributed by atoms with Crippen molar-refractivity contribution in [3.63, 3.8) is 0 Å². The molecular weight excluding hydrogens is 361 g/mol.